The Morgan fingerprint density at radius 2 is 1.13 bits per heavy atom. The van der Waals surface area contributed by atoms with Crippen molar-refractivity contribution >= 4 is 38.5 Å². The maximum absolute atomic E-state index is 4.55. The van der Waals surface area contributed by atoms with Crippen LogP contribution in [0.1, 0.15) is 17.0 Å². The van der Waals surface area contributed by atoms with Crippen LogP contribution in [0.5, 0.6) is 0 Å². The molecule has 7 aromatic rings. The molecule has 9 rings (SSSR count). The molecule has 2 heterocycles. The van der Waals surface area contributed by atoms with E-state index >= 15 is 0 Å². The molecule has 2 nitrogen and oxygen atoms in total. The molecule has 0 radical (unpaired) electrons. The number of pyridine rings is 1. The van der Waals surface area contributed by atoms with Crippen molar-refractivity contribution in [3.05, 3.63) is 181 Å². The fraction of sp³-hybridized carbons (Fsp3) is 0.0465. The van der Waals surface area contributed by atoms with E-state index in [9.17, 15) is 0 Å². The van der Waals surface area contributed by atoms with Gasteiger partial charge in [-0.05, 0) is 79.2 Å². The van der Waals surface area contributed by atoms with Gasteiger partial charge < -0.3 is 4.90 Å². The lowest BCUT2D eigenvalue weighted by Gasteiger charge is -2.29. The molecule has 0 spiro atoms. The summed E-state index contributed by atoms with van der Waals surface area (Å²) in [5.41, 5.74) is 11.2. The number of nitrogens with zero attached hydrogens (tertiary/aromatic N) is 2. The van der Waals surface area contributed by atoms with Gasteiger partial charge in [0.25, 0.3) is 0 Å². The monoisotopic (exact) mass is 574 g/mol. The van der Waals surface area contributed by atoms with E-state index in [1.807, 2.05) is 6.20 Å². The van der Waals surface area contributed by atoms with E-state index in [1.165, 1.54) is 71.9 Å². The number of para-hydroxylation sites is 1. The Labute approximate surface area is 263 Å². The number of allylic oxidation sites excluding steroid dienone is 2. The van der Waals surface area contributed by atoms with Gasteiger partial charge in [0.05, 0.1) is 6.04 Å². The normalized spacial score (nSPS) is 16.9. The van der Waals surface area contributed by atoms with Crippen LogP contribution >= 0.6 is 0 Å². The minimum atomic E-state index is 0.212. The third-order valence-electron chi connectivity index (χ3n) is 9.46. The van der Waals surface area contributed by atoms with Crippen LogP contribution in [0.3, 0.4) is 0 Å². The molecule has 0 saturated carbocycles. The molecular formula is C43H30N2. The van der Waals surface area contributed by atoms with E-state index in [4.69, 9.17) is 0 Å². The fourth-order valence-electron chi connectivity index (χ4n) is 7.51. The SMILES string of the molecule is C1=CC2C(C=C1c1ccc3c(-c4ccccc4)c4ccccc4c(-c4ccccc4)c3c1)c1cnccc1N2c1ccccc1. The second kappa shape index (κ2) is 10.5. The van der Waals surface area contributed by atoms with E-state index in [0.717, 1.165) is 0 Å². The minimum absolute atomic E-state index is 0.212. The number of hydrogen-bond donors (Lipinski definition) is 0. The van der Waals surface area contributed by atoms with E-state index < -0.39 is 0 Å². The number of fused-ring (bicyclic) bond motifs is 5. The van der Waals surface area contributed by atoms with E-state index in [-0.39, 0.29) is 12.0 Å². The van der Waals surface area contributed by atoms with Crippen LogP contribution < -0.4 is 4.90 Å². The Balaban J connectivity index is 1.26. The summed E-state index contributed by atoms with van der Waals surface area (Å²) < 4.78 is 0. The predicted octanol–water partition coefficient (Wildman–Crippen LogP) is 11.0. The molecule has 212 valence electrons. The predicted molar refractivity (Wildman–Crippen MR) is 189 cm³/mol. The molecule has 0 fully saturated rings. The van der Waals surface area contributed by atoms with Crippen molar-refractivity contribution in [3.63, 3.8) is 0 Å². The Morgan fingerprint density at radius 1 is 0.533 bits per heavy atom. The molecule has 2 unspecified atom stereocenters. The van der Waals surface area contributed by atoms with Gasteiger partial charge in [-0.25, -0.2) is 0 Å². The smallest absolute Gasteiger partial charge is 0.0630 e. The molecule has 2 heteroatoms. The van der Waals surface area contributed by atoms with E-state index in [2.05, 4.69) is 174 Å². The van der Waals surface area contributed by atoms with Crippen LogP contribution in [-0.4, -0.2) is 11.0 Å². The van der Waals surface area contributed by atoms with Gasteiger partial charge in [-0.15, -0.1) is 0 Å². The number of hydrogen-bond acceptors (Lipinski definition) is 2. The van der Waals surface area contributed by atoms with Crippen molar-refractivity contribution < 1.29 is 0 Å². The number of aromatic nitrogens is 1. The second-order valence-electron chi connectivity index (χ2n) is 11.9. The van der Waals surface area contributed by atoms with Gasteiger partial charge in [-0.1, -0.05) is 133 Å². The van der Waals surface area contributed by atoms with Crippen molar-refractivity contribution in [2.24, 2.45) is 0 Å². The van der Waals surface area contributed by atoms with Crippen molar-refractivity contribution in [2.75, 3.05) is 4.90 Å². The second-order valence-corrected chi connectivity index (χ2v) is 11.9. The quantitative estimate of drug-likeness (QED) is 0.194. The molecule has 1 aromatic heterocycles. The zero-order valence-corrected chi connectivity index (χ0v) is 24.7. The number of anilines is 2. The van der Waals surface area contributed by atoms with Crippen LogP contribution in [0.4, 0.5) is 11.4 Å². The Kier molecular flexibility index (Phi) is 5.99. The summed E-state index contributed by atoms with van der Waals surface area (Å²) in [5, 5.41) is 5.09. The van der Waals surface area contributed by atoms with Crippen LogP contribution in [0.15, 0.2) is 170 Å². The molecule has 1 aliphatic carbocycles. The largest absolute Gasteiger partial charge is 0.333 e. The highest BCUT2D eigenvalue weighted by Crippen LogP contribution is 2.49. The summed E-state index contributed by atoms with van der Waals surface area (Å²) >= 11 is 0. The first-order valence-electron chi connectivity index (χ1n) is 15.6. The summed E-state index contributed by atoms with van der Waals surface area (Å²) in [5.74, 6) is 0.217. The molecular weight excluding hydrogens is 544 g/mol. The van der Waals surface area contributed by atoms with Crippen LogP contribution in [-0.2, 0) is 0 Å². The van der Waals surface area contributed by atoms with Crippen molar-refractivity contribution in [1.29, 1.82) is 0 Å². The first kappa shape index (κ1) is 25.7. The highest BCUT2D eigenvalue weighted by molar-refractivity contribution is 6.21. The molecule has 6 aromatic carbocycles. The van der Waals surface area contributed by atoms with Gasteiger partial charge >= 0.3 is 0 Å². The molecule has 45 heavy (non-hydrogen) atoms. The standard InChI is InChI=1S/C43H30N2/c1-4-12-29(13-5-1)42-34-18-10-11-19-35(34)43(30-14-6-2-7-15-30)38-27-31(20-22-36(38)42)32-21-23-40-37(26-32)39-28-44-25-24-41(39)45(40)33-16-8-3-9-17-33/h1-28,37,40H. The summed E-state index contributed by atoms with van der Waals surface area (Å²) in [4.78, 5) is 7.00. The zero-order chi connectivity index (χ0) is 29.7. The first-order chi connectivity index (χ1) is 22.3. The van der Waals surface area contributed by atoms with Crippen LogP contribution in [0, 0.1) is 0 Å². The maximum atomic E-state index is 4.55. The Hall–Kier alpha value is -5.73. The van der Waals surface area contributed by atoms with Crippen LogP contribution in [0.25, 0.3) is 49.4 Å². The summed E-state index contributed by atoms with van der Waals surface area (Å²) in [6, 6.07) is 50.7. The first-order valence-corrected chi connectivity index (χ1v) is 15.6. The van der Waals surface area contributed by atoms with Gasteiger partial charge in [-0.3, -0.25) is 4.98 Å². The molecule has 2 atom stereocenters. The average molecular weight is 575 g/mol. The lowest BCUT2D eigenvalue weighted by molar-refractivity contribution is 0.746. The minimum Gasteiger partial charge on any atom is -0.333 e. The molecule has 1 aliphatic heterocycles. The maximum Gasteiger partial charge on any atom is 0.0630 e. The zero-order valence-electron chi connectivity index (χ0n) is 24.7. The van der Waals surface area contributed by atoms with Gasteiger partial charge in [0.1, 0.15) is 0 Å². The van der Waals surface area contributed by atoms with Gasteiger partial charge in [0.15, 0.2) is 0 Å². The van der Waals surface area contributed by atoms with E-state index in [1.54, 1.807) is 0 Å². The van der Waals surface area contributed by atoms with E-state index in [0.29, 0.717) is 0 Å². The van der Waals surface area contributed by atoms with Crippen molar-refractivity contribution in [1.82, 2.24) is 4.98 Å². The Morgan fingerprint density at radius 3 is 1.82 bits per heavy atom. The summed E-state index contributed by atoms with van der Waals surface area (Å²) in [6.45, 7) is 0. The summed E-state index contributed by atoms with van der Waals surface area (Å²) in [7, 11) is 0. The third-order valence-corrected chi connectivity index (χ3v) is 9.46. The van der Waals surface area contributed by atoms with Crippen molar-refractivity contribution in [3.8, 4) is 22.3 Å². The van der Waals surface area contributed by atoms with Gasteiger partial charge in [0.2, 0.25) is 0 Å². The Bertz CT molecular complexity index is 2270. The number of rotatable bonds is 4. The van der Waals surface area contributed by atoms with Gasteiger partial charge in [-0.2, -0.15) is 0 Å². The molecule has 0 saturated heterocycles. The highest BCUT2D eigenvalue weighted by atomic mass is 15.2. The topological polar surface area (TPSA) is 16.1 Å². The molecule has 0 N–H and O–H groups in total. The lowest BCUT2D eigenvalue weighted by Crippen LogP contribution is -2.28. The lowest BCUT2D eigenvalue weighted by atomic mass is 9.83. The number of benzene rings is 6. The van der Waals surface area contributed by atoms with Gasteiger partial charge in [0, 0.05) is 35.2 Å². The molecule has 0 amide bonds. The van der Waals surface area contributed by atoms with Crippen LogP contribution in [0.2, 0.25) is 0 Å². The molecule has 2 aliphatic rings. The molecule has 0 bridgehead atoms. The third kappa shape index (κ3) is 4.14. The highest BCUT2D eigenvalue weighted by Gasteiger charge is 2.38. The summed E-state index contributed by atoms with van der Waals surface area (Å²) in [6.07, 6.45) is 11.1. The van der Waals surface area contributed by atoms with Crippen molar-refractivity contribution in [2.45, 2.75) is 12.0 Å². The fourth-order valence-corrected chi connectivity index (χ4v) is 7.51. The average Bonchev–Trinajstić information content (AvgIpc) is 3.45.